The van der Waals surface area contributed by atoms with Crippen LogP contribution in [0.15, 0.2) is 22.7 Å². The normalized spacial score (nSPS) is 10.2. The van der Waals surface area contributed by atoms with Crippen LogP contribution >= 0.6 is 15.9 Å². The summed E-state index contributed by atoms with van der Waals surface area (Å²) in [6, 6.07) is 4.16. The molecule has 0 aliphatic carbocycles. The summed E-state index contributed by atoms with van der Waals surface area (Å²) in [6.45, 7) is 5.26. The monoisotopic (exact) mass is 287 g/mol. The molecule has 0 spiro atoms. The van der Waals surface area contributed by atoms with E-state index in [0.717, 1.165) is 6.42 Å². The van der Waals surface area contributed by atoms with Crippen molar-refractivity contribution in [1.82, 2.24) is 4.90 Å². The first-order valence-electron chi connectivity index (χ1n) is 5.34. The molecular weight excluding hydrogens is 273 g/mol. The quantitative estimate of drug-likeness (QED) is 0.831. The summed E-state index contributed by atoms with van der Waals surface area (Å²) in [7, 11) is 0. The van der Waals surface area contributed by atoms with E-state index < -0.39 is 0 Å². The van der Waals surface area contributed by atoms with Gasteiger partial charge in [0.1, 0.15) is 5.82 Å². The second-order valence-electron chi connectivity index (χ2n) is 3.51. The molecular formula is C12H15BrFNO. The van der Waals surface area contributed by atoms with Crippen LogP contribution in [0.1, 0.15) is 30.6 Å². The number of benzene rings is 1. The van der Waals surface area contributed by atoms with E-state index in [9.17, 15) is 9.18 Å². The zero-order valence-electron chi connectivity index (χ0n) is 9.46. The molecule has 0 aliphatic heterocycles. The van der Waals surface area contributed by atoms with E-state index in [1.807, 2.05) is 13.8 Å². The van der Waals surface area contributed by atoms with Crippen molar-refractivity contribution in [2.45, 2.75) is 20.3 Å². The Morgan fingerprint density at radius 1 is 1.44 bits per heavy atom. The Morgan fingerprint density at radius 3 is 2.69 bits per heavy atom. The fraction of sp³-hybridized carbons (Fsp3) is 0.417. The molecule has 1 rings (SSSR count). The highest BCUT2D eigenvalue weighted by molar-refractivity contribution is 9.10. The van der Waals surface area contributed by atoms with Gasteiger partial charge in [-0.05, 0) is 47.5 Å². The fourth-order valence-electron chi connectivity index (χ4n) is 1.50. The number of carbonyl (C=O) groups excluding carboxylic acids is 1. The molecule has 2 nitrogen and oxygen atoms in total. The van der Waals surface area contributed by atoms with Crippen molar-refractivity contribution >= 4 is 21.8 Å². The third kappa shape index (κ3) is 3.04. The number of hydrogen-bond acceptors (Lipinski definition) is 1. The van der Waals surface area contributed by atoms with Gasteiger partial charge < -0.3 is 4.90 Å². The van der Waals surface area contributed by atoms with Crippen molar-refractivity contribution in [1.29, 1.82) is 0 Å². The van der Waals surface area contributed by atoms with E-state index in [1.54, 1.807) is 11.0 Å². The van der Waals surface area contributed by atoms with Gasteiger partial charge in [0.25, 0.3) is 5.91 Å². The van der Waals surface area contributed by atoms with Gasteiger partial charge in [-0.1, -0.05) is 6.92 Å². The molecule has 1 aromatic rings. The maximum atomic E-state index is 13.1. The number of rotatable bonds is 4. The van der Waals surface area contributed by atoms with Crippen LogP contribution in [0.4, 0.5) is 4.39 Å². The summed E-state index contributed by atoms with van der Waals surface area (Å²) in [5.41, 5.74) is 0.385. The highest BCUT2D eigenvalue weighted by Gasteiger charge is 2.16. The first-order chi connectivity index (χ1) is 7.60. The predicted molar refractivity (Wildman–Crippen MR) is 66.0 cm³/mol. The van der Waals surface area contributed by atoms with Crippen LogP contribution in [0.5, 0.6) is 0 Å². The van der Waals surface area contributed by atoms with E-state index in [1.165, 1.54) is 12.1 Å². The minimum atomic E-state index is -0.390. The Labute approximate surface area is 104 Å². The number of carbonyl (C=O) groups is 1. The molecule has 0 saturated carbocycles. The van der Waals surface area contributed by atoms with Crippen LogP contribution in [0.3, 0.4) is 0 Å². The zero-order valence-corrected chi connectivity index (χ0v) is 11.1. The average molecular weight is 288 g/mol. The minimum absolute atomic E-state index is 0.129. The first kappa shape index (κ1) is 13.2. The van der Waals surface area contributed by atoms with Crippen molar-refractivity contribution in [3.8, 4) is 0 Å². The van der Waals surface area contributed by atoms with Crippen LogP contribution in [-0.2, 0) is 0 Å². The Hall–Kier alpha value is -0.900. The first-order valence-corrected chi connectivity index (χ1v) is 6.13. The van der Waals surface area contributed by atoms with Gasteiger partial charge >= 0.3 is 0 Å². The number of halogens is 2. The maximum absolute atomic E-state index is 13.1. The third-order valence-corrected chi connectivity index (χ3v) is 3.01. The predicted octanol–water partition coefficient (Wildman–Crippen LogP) is 3.46. The van der Waals surface area contributed by atoms with Crippen molar-refractivity contribution in [2.75, 3.05) is 13.1 Å². The van der Waals surface area contributed by atoms with Gasteiger partial charge in [0.2, 0.25) is 0 Å². The summed E-state index contributed by atoms with van der Waals surface area (Å²) < 4.78 is 13.7. The van der Waals surface area contributed by atoms with Crippen LogP contribution < -0.4 is 0 Å². The fourth-order valence-corrected chi connectivity index (χ4v) is 1.92. The van der Waals surface area contributed by atoms with E-state index in [-0.39, 0.29) is 11.7 Å². The van der Waals surface area contributed by atoms with Gasteiger partial charge in [-0.25, -0.2) is 4.39 Å². The summed E-state index contributed by atoms with van der Waals surface area (Å²) >= 11 is 3.27. The summed E-state index contributed by atoms with van der Waals surface area (Å²) in [4.78, 5) is 13.8. The molecule has 88 valence electrons. The molecule has 0 N–H and O–H groups in total. The van der Waals surface area contributed by atoms with Crippen LogP contribution in [0.2, 0.25) is 0 Å². The highest BCUT2D eigenvalue weighted by Crippen LogP contribution is 2.19. The Morgan fingerprint density at radius 2 is 2.12 bits per heavy atom. The summed E-state index contributed by atoms with van der Waals surface area (Å²) in [5.74, 6) is -0.519. The topological polar surface area (TPSA) is 20.3 Å². The molecule has 4 heteroatoms. The van der Waals surface area contributed by atoms with Gasteiger partial charge in [-0.2, -0.15) is 0 Å². The number of nitrogens with zero attached hydrogens (tertiary/aromatic N) is 1. The van der Waals surface area contributed by atoms with Gasteiger partial charge in [0.05, 0.1) is 5.56 Å². The summed E-state index contributed by atoms with van der Waals surface area (Å²) in [5, 5.41) is 0. The summed E-state index contributed by atoms with van der Waals surface area (Å²) in [6.07, 6.45) is 0.895. The van der Waals surface area contributed by atoms with Gasteiger partial charge in [0, 0.05) is 17.6 Å². The zero-order chi connectivity index (χ0) is 12.1. The molecule has 1 amide bonds. The molecule has 0 aliphatic rings. The highest BCUT2D eigenvalue weighted by atomic mass is 79.9. The molecule has 0 heterocycles. The molecule has 0 unspecified atom stereocenters. The van der Waals surface area contributed by atoms with Crippen LogP contribution in [0.25, 0.3) is 0 Å². The van der Waals surface area contributed by atoms with Crippen molar-refractivity contribution < 1.29 is 9.18 Å². The van der Waals surface area contributed by atoms with E-state index in [0.29, 0.717) is 23.1 Å². The van der Waals surface area contributed by atoms with Gasteiger partial charge in [-0.3, -0.25) is 4.79 Å². The number of hydrogen-bond donors (Lipinski definition) is 0. The number of amides is 1. The Kier molecular flexibility index (Phi) is 4.93. The molecule has 0 radical (unpaired) electrons. The average Bonchev–Trinajstić information content (AvgIpc) is 2.28. The van der Waals surface area contributed by atoms with Crippen molar-refractivity contribution in [2.24, 2.45) is 0 Å². The Balaban J connectivity index is 2.98. The second kappa shape index (κ2) is 5.99. The lowest BCUT2D eigenvalue weighted by molar-refractivity contribution is 0.0763. The van der Waals surface area contributed by atoms with Gasteiger partial charge in [-0.15, -0.1) is 0 Å². The molecule has 0 atom stereocenters. The lowest BCUT2D eigenvalue weighted by Gasteiger charge is -2.20. The molecule has 0 fully saturated rings. The van der Waals surface area contributed by atoms with E-state index >= 15 is 0 Å². The third-order valence-electron chi connectivity index (χ3n) is 2.32. The maximum Gasteiger partial charge on any atom is 0.255 e. The van der Waals surface area contributed by atoms with E-state index in [2.05, 4.69) is 15.9 Å². The van der Waals surface area contributed by atoms with Crippen molar-refractivity contribution in [3.05, 3.63) is 34.1 Å². The molecule has 16 heavy (non-hydrogen) atoms. The largest absolute Gasteiger partial charge is 0.339 e. The standard InChI is InChI=1S/C12H15BrFNO/c1-3-7-15(4-2)12(16)10-8-9(14)5-6-11(10)13/h5-6,8H,3-4,7H2,1-2H3. The smallest absolute Gasteiger partial charge is 0.255 e. The second-order valence-corrected chi connectivity index (χ2v) is 4.36. The Bertz CT molecular complexity index is 381. The van der Waals surface area contributed by atoms with Crippen LogP contribution in [-0.4, -0.2) is 23.9 Å². The molecule has 1 aromatic carbocycles. The molecule has 0 bridgehead atoms. The lowest BCUT2D eigenvalue weighted by Crippen LogP contribution is -2.31. The minimum Gasteiger partial charge on any atom is -0.339 e. The van der Waals surface area contributed by atoms with Gasteiger partial charge in [0.15, 0.2) is 0 Å². The van der Waals surface area contributed by atoms with Crippen molar-refractivity contribution in [3.63, 3.8) is 0 Å². The SMILES string of the molecule is CCCN(CC)C(=O)c1cc(F)ccc1Br. The lowest BCUT2D eigenvalue weighted by atomic mass is 10.2. The van der Waals surface area contributed by atoms with Crippen LogP contribution in [0, 0.1) is 5.82 Å². The van der Waals surface area contributed by atoms with E-state index in [4.69, 9.17) is 0 Å². The molecule has 0 saturated heterocycles. The molecule has 0 aromatic heterocycles.